The molecule has 4 nitrogen and oxygen atoms in total. The lowest BCUT2D eigenvalue weighted by Gasteiger charge is -2.09. The standard InChI is InChI=1S/C12H11NO3.2C2H6/c14-10-1-2-11-8(6-10)5-9(7-13-11)12-15-3-4-16-12;2*1-2/h1-2,5-7,12,14H,3-4H2;2*1-2H3. The highest BCUT2D eigenvalue weighted by Gasteiger charge is 2.18. The maximum absolute atomic E-state index is 9.40. The van der Waals surface area contributed by atoms with Crippen LogP contribution in [0.1, 0.15) is 39.5 Å². The van der Waals surface area contributed by atoms with Gasteiger partial charge in [0, 0.05) is 17.1 Å². The van der Waals surface area contributed by atoms with Crippen molar-refractivity contribution in [2.45, 2.75) is 34.0 Å². The number of aromatic nitrogens is 1. The van der Waals surface area contributed by atoms with E-state index >= 15 is 0 Å². The Labute approximate surface area is 120 Å². The zero-order chi connectivity index (χ0) is 15.0. The summed E-state index contributed by atoms with van der Waals surface area (Å²) in [5.74, 6) is 0.236. The molecule has 1 fully saturated rings. The molecule has 1 aromatic carbocycles. The van der Waals surface area contributed by atoms with Crippen LogP contribution >= 0.6 is 0 Å². The fourth-order valence-electron chi connectivity index (χ4n) is 1.82. The van der Waals surface area contributed by atoms with Crippen LogP contribution in [0.2, 0.25) is 0 Å². The third kappa shape index (κ3) is 3.92. The van der Waals surface area contributed by atoms with Crippen LogP contribution in [0.3, 0.4) is 0 Å². The summed E-state index contributed by atoms with van der Waals surface area (Å²) in [6, 6.07) is 7.02. The van der Waals surface area contributed by atoms with Crippen molar-refractivity contribution in [1.29, 1.82) is 0 Å². The summed E-state index contributed by atoms with van der Waals surface area (Å²) >= 11 is 0. The molecule has 0 bridgehead atoms. The van der Waals surface area contributed by atoms with Crippen molar-refractivity contribution in [3.05, 3.63) is 36.0 Å². The van der Waals surface area contributed by atoms with Gasteiger partial charge in [0.25, 0.3) is 0 Å². The predicted octanol–water partition coefficient (Wildman–Crippen LogP) is 4.04. The summed E-state index contributed by atoms with van der Waals surface area (Å²) in [7, 11) is 0. The summed E-state index contributed by atoms with van der Waals surface area (Å²) < 4.78 is 10.8. The summed E-state index contributed by atoms with van der Waals surface area (Å²) in [4.78, 5) is 4.30. The molecule has 2 heterocycles. The molecule has 1 N–H and O–H groups in total. The predicted molar refractivity (Wildman–Crippen MR) is 80.7 cm³/mol. The van der Waals surface area contributed by atoms with E-state index in [0.717, 1.165) is 16.5 Å². The van der Waals surface area contributed by atoms with Crippen molar-refractivity contribution in [3.63, 3.8) is 0 Å². The van der Waals surface area contributed by atoms with E-state index in [0.29, 0.717) is 13.2 Å². The molecule has 1 aliphatic heterocycles. The highest BCUT2D eigenvalue weighted by Crippen LogP contribution is 2.26. The number of nitrogens with zero attached hydrogens (tertiary/aromatic N) is 1. The third-order valence-electron chi connectivity index (χ3n) is 2.58. The Morgan fingerprint density at radius 2 is 1.70 bits per heavy atom. The van der Waals surface area contributed by atoms with E-state index in [9.17, 15) is 5.11 Å². The van der Waals surface area contributed by atoms with Crippen LogP contribution in [0.4, 0.5) is 0 Å². The molecule has 3 rings (SSSR count). The minimum Gasteiger partial charge on any atom is -0.508 e. The van der Waals surface area contributed by atoms with Crippen molar-refractivity contribution in [2.75, 3.05) is 13.2 Å². The number of hydrogen-bond donors (Lipinski definition) is 1. The normalized spacial score (nSPS) is 14.2. The molecule has 4 heteroatoms. The Bertz CT molecular complexity index is 522. The third-order valence-corrected chi connectivity index (χ3v) is 2.58. The molecule has 2 aromatic rings. The average Bonchev–Trinajstić information content (AvgIpc) is 3.05. The van der Waals surface area contributed by atoms with Gasteiger partial charge >= 0.3 is 0 Å². The molecular weight excluding hydrogens is 254 g/mol. The van der Waals surface area contributed by atoms with Crippen LogP contribution in [-0.2, 0) is 9.47 Å². The van der Waals surface area contributed by atoms with Crippen LogP contribution in [-0.4, -0.2) is 23.3 Å². The lowest BCUT2D eigenvalue weighted by Crippen LogP contribution is -1.98. The number of benzene rings is 1. The van der Waals surface area contributed by atoms with Crippen LogP contribution in [0.5, 0.6) is 5.75 Å². The molecule has 1 aromatic heterocycles. The average molecular weight is 277 g/mol. The summed E-state index contributed by atoms with van der Waals surface area (Å²) in [5.41, 5.74) is 1.73. The number of fused-ring (bicyclic) bond motifs is 1. The molecule has 110 valence electrons. The van der Waals surface area contributed by atoms with Crippen molar-refractivity contribution in [2.24, 2.45) is 0 Å². The lowest BCUT2D eigenvalue weighted by atomic mass is 10.1. The van der Waals surface area contributed by atoms with Gasteiger partial charge in [0.15, 0.2) is 6.29 Å². The topological polar surface area (TPSA) is 51.6 Å². The fraction of sp³-hybridized carbons (Fsp3) is 0.438. The van der Waals surface area contributed by atoms with Crippen LogP contribution in [0.15, 0.2) is 30.5 Å². The van der Waals surface area contributed by atoms with Crippen molar-refractivity contribution < 1.29 is 14.6 Å². The molecule has 0 amide bonds. The molecule has 0 spiro atoms. The maximum Gasteiger partial charge on any atom is 0.185 e. The lowest BCUT2D eigenvalue weighted by molar-refractivity contribution is -0.0442. The highest BCUT2D eigenvalue weighted by molar-refractivity contribution is 5.80. The monoisotopic (exact) mass is 277 g/mol. The molecule has 1 aliphatic rings. The molecule has 0 atom stereocenters. The number of phenols is 1. The van der Waals surface area contributed by atoms with Crippen LogP contribution < -0.4 is 0 Å². The summed E-state index contributed by atoms with van der Waals surface area (Å²) in [5, 5.41) is 10.3. The zero-order valence-electron chi connectivity index (χ0n) is 12.6. The molecular formula is C16H23NO3. The van der Waals surface area contributed by atoms with Gasteiger partial charge in [-0.1, -0.05) is 27.7 Å². The number of phenolic OH excluding ortho intramolecular Hbond substituents is 1. The van der Waals surface area contributed by atoms with E-state index in [2.05, 4.69) is 4.98 Å². The van der Waals surface area contributed by atoms with Crippen molar-refractivity contribution in [1.82, 2.24) is 4.98 Å². The van der Waals surface area contributed by atoms with Gasteiger partial charge in [-0.15, -0.1) is 0 Å². The second-order valence-electron chi connectivity index (χ2n) is 3.72. The zero-order valence-corrected chi connectivity index (χ0v) is 12.6. The van der Waals surface area contributed by atoms with Gasteiger partial charge in [-0.3, -0.25) is 4.98 Å². The van der Waals surface area contributed by atoms with E-state index in [4.69, 9.17) is 9.47 Å². The molecule has 20 heavy (non-hydrogen) atoms. The largest absolute Gasteiger partial charge is 0.508 e. The van der Waals surface area contributed by atoms with Gasteiger partial charge < -0.3 is 14.6 Å². The minimum atomic E-state index is -0.320. The molecule has 0 radical (unpaired) electrons. The van der Waals surface area contributed by atoms with Crippen molar-refractivity contribution >= 4 is 10.9 Å². The second kappa shape index (κ2) is 8.51. The molecule has 0 saturated carbocycles. The Balaban J connectivity index is 0.000000461. The second-order valence-corrected chi connectivity index (χ2v) is 3.72. The van der Waals surface area contributed by atoms with E-state index in [1.807, 2.05) is 33.8 Å². The van der Waals surface area contributed by atoms with Gasteiger partial charge in [0.05, 0.1) is 18.7 Å². The molecule has 0 unspecified atom stereocenters. The summed E-state index contributed by atoms with van der Waals surface area (Å²) in [6.07, 6.45) is 1.43. The molecule has 1 saturated heterocycles. The minimum absolute atomic E-state index is 0.236. The van der Waals surface area contributed by atoms with Crippen LogP contribution in [0, 0.1) is 0 Å². The Kier molecular flexibility index (Phi) is 6.98. The van der Waals surface area contributed by atoms with E-state index in [-0.39, 0.29) is 12.0 Å². The number of ether oxygens (including phenoxy) is 2. The first-order valence-corrected chi connectivity index (χ1v) is 7.15. The highest BCUT2D eigenvalue weighted by atomic mass is 16.7. The Hall–Kier alpha value is -1.65. The quantitative estimate of drug-likeness (QED) is 0.854. The first-order chi connectivity index (χ1) is 9.83. The number of hydrogen-bond acceptors (Lipinski definition) is 4. The molecule has 0 aliphatic carbocycles. The smallest absolute Gasteiger partial charge is 0.185 e. The first kappa shape index (κ1) is 16.4. The van der Waals surface area contributed by atoms with Gasteiger partial charge in [-0.2, -0.15) is 0 Å². The van der Waals surface area contributed by atoms with Gasteiger partial charge in [-0.25, -0.2) is 0 Å². The van der Waals surface area contributed by atoms with Gasteiger partial charge in [0.1, 0.15) is 5.75 Å². The number of aromatic hydroxyl groups is 1. The van der Waals surface area contributed by atoms with Crippen molar-refractivity contribution in [3.8, 4) is 5.75 Å². The van der Waals surface area contributed by atoms with Crippen LogP contribution in [0.25, 0.3) is 10.9 Å². The Morgan fingerprint density at radius 1 is 1.05 bits per heavy atom. The number of rotatable bonds is 1. The fourth-order valence-corrected chi connectivity index (χ4v) is 1.82. The van der Waals surface area contributed by atoms with E-state index in [1.165, 1.54) is 0 Å². The summed E-state index contributed by atoms with van der Waals surface area (Å²) in [6.45, 7) is 9.23. The van der Waals surface area contributed by atoms with E-state index in [1.54, 1.807) is 24.4 Å². The van der Waals surface area contributed by atoms with Gasteiger partial charge in [0.2, 0.25) is 0 Å². The Morgan fingerprint density at radius 3 is 2.35 bits per heavy atom. The first-order valence-electron chi connectivity index (χ1n) is 7.15. The van der Waals surface area contributed by atoms with E-state index < -0.39 is 0 Å². The van der Waals surface area contributed by atoms with Gasteiger partial charge in [-0.05, 0) is 24.3 Å². The SMILES string of the molecule is CC.CC.Oc1ccc2ncc(C3OCCO3)cc2c1. The number of pyridine rings is 1. The maximum atomic E-state index is 9.40.